The van der Waals surface area contributed by atoms with Gasteiger partial charge < -0.3 is 9.72 Å². The molecule has 0 unspecified atom stereocenters. The Kier molecular flexibility index (Phi) is 4.78. The number of nitrogens with zero attached hydrogens (tertiary/aromatic N) is 1. The van der Waals surface area contributed by atoms with Crippen LogP contribution in [0, 0.1) is 0 Å². The van der Waals surface area contributed by atoms with E-state index >= 15 is 0 Å². The predicted octanol–water partition coefficient (Wildman–Crippen LogP) is 5.46. The molecule has 0 atom stereocenters. The number of nitrogens with one attached hydrogen (secondary N) is 2. The highest BCUT2D eigenvalue weighted by Gasteiger charge is 2.17. The van der Waals surface area contributed by atoms with Gasteiger partial charge >= 0.3 is 0 Å². The number of fused-ring (bicyclic) bond motifs is 2. The van der Waals surface area contributed by atoms with Crippen LogP contribution in [0.1, 0.15) is 15.4 Å². The van der Waals surface area contributed by atoms with Crippen LogP contribution in [0.2, 0.25) is 10.0 Å². The van der Waals surface area contributed by atoms with Gasteiger partial charge in [-0.3, -0.25) is 4.79 Å². The van der Waals surface area contributed by atoms with E-state index in [0.29, 0.717) is 26.4 Å². The van der Waals surface area contributed by atoms with E-state index in [4.69, 9.17) is 27.9 Å². The number of hydrogen-bond acceptors (Lipinski definition) is 4. The maximum atomic E-state index is 12.5. The van der Waals surface area contributed by atoms with E-state index in [9.17, 15) is 4.79 Å². The van der Waals surface area contributed by atoms with Gasteiger partial charge in [0.1, 0.15) is 10.6 Å². The summed E-state index contributed by atoms with van der Waals surface area (Å²) in [6.45, 7) is 0. The summed E-state index contributed by atoms with van der Waals surface area (Å²) in [5.41, 5.74) is 4.01. The Balaban J connectivity index is 1.57. The summed E-state index contributed by atoms with van der Waals surface area (Å²) >= 11 is 14.0. The molecular weight excluding hydrogens is 405 g/mol. The van der Waals surface area contributed by atoms with Gasteiger partial charge in [0.2, 0.25) is 0 Å². The number of amides is 1. The molecule has 4 rings (SSSR count). The predicted molar refractivity (Wildman–Crippen MR) is 112 cm³/mol. The van der Waals surface area contributed by atoms with Gasteiger partial charge in [-0.05, 0) is 24.3 Å². The Labute approximate surface area is 168 Å². The molecular formula is C19H13Cl2N3O2S. The molecule has 27 heavy (non-hydrogen) atoms. The van der Waals surface area contributed by atoms with Crippen molar-refractivity contribution in [3.8, 4) is 5.75 Å². The first-order valence-corrected chi connectivity index (χ1v) is 9.51. The van der Waals surface area contributed by atoms with E-state index in [-0.39, 0.29) is 5.91 Å². The summed E-state index contributed by atoms with van der Waals surface area (Å²) in [5, 5.41) is 6.65. The summed E-state index contributed by atoms with van der Waals surface area (Å²) < 4.78 is 6.07. The van der Waals surface area contributed by atoms with Crippen molar-refractivity contribution >= 4 is 67.6 Å². The van der Waals surface area contributed by atoms with Crippen LogP contribution < -0.4 is 10.2 Å². The van der Waals surface area contributed by atoms with Gasteiger partial charge in [0.25, 0.3) is 5.91 Å². The smallest absolute Gasteiger partial charge is 0.283 e. The van der Waals surface area contributed by atoms with E-state index < -0.39 is 0 Å². The molecule has 136 valence electrons. The molecule has 2 aromatic carbocycles. The van der Waals surface area contributed by atoms with Crippen LogP contribution in [0.15, 0.2) is 47.6 Å². The second-order valence-electron chi connectivity index (χ2n) is 5.70. The Bertz CT molecular complexity index is 1200. The lowest BCUT2D eigenvalue weighted by Gasteiger charge is -1.98. The number of methoxy groups -OCH3 is 1. The number of thiophene rings is 1. The molecule has 2 heterocycles. The highest BCUT2D eigenvalue weighted by molar-refractivity contribution is 7.21. The number of carbonyl (C=O) groups is 1. The van der Waals surface area contributed by atoms with Crippen LogP contribution in [-0.4, -0.2) is 24.2 Å². The number of halogens is 2. The summed E-state index contributed by atoms with van der Waals surface area (Å²) in [6.07, 6.45) is 1.48. The lowest BCUT2D eigenvalue weighted by atomic mass is 10.2. The van der Waals surface area contributed by atoms with Crippen molar-refractivity contribution in [1.82, 2.24) is 10.4 Å². The second-order valence-corrected chi connectivity index (χ2v) is 7.51. The van der Waals surface area contributed by atoms with Crippen LogP contribution in [0.4, 0.5) is 0 Å². The molecule has 0 saturated heterocycles. The van der Waals surface area contributed by atoms with E-state index in [0.717, 1.165) is 21.0 Å². The van der Waals surface area contributed by atoms with Crippen molar-refractivity contribution < 1.29 is 9.53 Å². The Morgan fingerprint density at radius 1 is 1.19 bits per heavy atom. The third-order valence-corrected chi connectivity index (χ3v) is 6.14. The molecule has 0 aliphatic heterocycles. The number of benzene rings is 2. The number of ether oxygens (including phenoxy) is 1. The van der Waals surface area contributed by atoms with Gasteiger partial charge in [-0.1, -0.05) is 41.4 Å². The van der Waals surface area contributed by atoms with Crippen LogP contribution >= 0.6 is 34.5 Å². The maximum absolute atomic E-state index is 12.5. The average Bonchev–Trinajstić information content (AvgIpc) is 3.19. The third-order valence-electron chi connectivity index (χ3n) is 4.07. The molecule has 1 amide bonds. The second kappa shape index (κ2) is 7.23. The van der Waals surface area contributed by atoms with E-state index in [2.05, 4.69) is 15.5 Å². The Hall–Kier alpha value is -2.54. The summed E-state index contributed by atoms with van der Waals surface area (Å²) in [6, 6.07) is 13.1. The monoisotopic (exact) mass is 417 g/mol. The zero-order chi connectivity index (χ0) is 19.0. The van der Waals surface area contributed by atoms with Gasteiger partial charge in [0.05, 0.1) is 29.1 Å². The molecule has 2 N–H and O–H groups in total. The minimum Gasteiger partial charge on any atom is -0.497 e. The molecule has 8 heteroatoms. The number of para-hydroxylation sites is 1. The van der Waals surface area contributed by atoms with Crippen molar-refractivity contribution in [3.63, 3.8) is 0 Å². The van der Waals surface area contributed by atoms with Gasteiger partial charge in [-0.25, -0.2) is 5.43 Å². The minimum atomic E-state index is -0.386. The molecule has 0 radical (unpaired) electrons. The number of H-pyrrole nitrogens is 1. The Morgan fingerprint density at radius 2 is 2.00 bits per heavy atom. The van der Waals surface area contributed by atoms with Crippen molar-refractivity contribution in [2.45, 2.75) is 0 Å². The molecule has 5 nitrogen and oxygen atoms in total. The first kappa shape index (κ1) is 17.9. The summed E-state index contributed by atoms with van der Waals surface area (Å²) in [5.74, 6) is 0.322. The van der Waals surface area contributed by atoms with Crippen molar-refractivity contribution in [3.05, 3.63) is 63.1 Å². The van der Waals surface area contributed by atoms with E-state index in [1.807, 2.05) is 36.4 Å². The number of rotatable bonds is 4. The lowest BCUT2D eigenvalue weighted by molar-refractivity contribution is 0.0959. The van der Waals surface area contributed by atoms with Gasteiger partial charge in [0, 0.05) is 21.0 Å². The lowest BCUT2D eigenvalue weighted by Crippen LogP contribution is -2.16. The third kappa shape index (κ3) is 3.27. The fraction of sp³-hybridized carbons (Fsp3) is 0.0526. The standard InChI is InChI=1S/C19H13Cl2N3O2S/c1-26-10-6-7-12-15(8-10)27-18(17(12)21)19(25)24-22-9-14-16(20)11-4-2-3-5-13(11)23-14/h2-9,23H,1H3,(H,24,25)/b22-9+. The number of hydrogen-bond donors (Lipinski definition) is 2. The first-order chi connectivity index (χ1) is 13.1. The number of hydrazone groups is 1. The van der Waals surface area contributed by atoms with Crippen LogP contribution in [0.5, 0.6) is 5.75 Å². The van der Waals surface area contributed by atoms with Crippen LogP contribution in [-0.2, 0) is 0 Å². The van der Waals surface area contributed by atoms with Crippen molar-refractivity contribution in [2.24, 2.45) is 5.10 Å². The van der Waals surface area contributed by atoms with Gasteiger partial charge in [0.15, 0.2) is 0 Å². The highest BCUT2D eigenvalue weighted by Crippen LogP contribution is 2.37. The SMILES string of the molecule is COc1ccc2c(Cl)c(C(=O)N/N=C/c3[nH]c4ccccc4c3Cl)sc2c1. The largest absolute Gasteiger partial charge is 0.497 e. The normalized spacial score (nSPS) is 11.5. The first-order valence-electron chi connectivity index (χ1n) is 7.94. The van der Waals surface area contributed by atoms with Crippen molar-refractivity contribution in [2.75, 3.05) is 7.11 Å². The van der Waals surface area contributed by atoms with Crippen molar-refractivity contribution in [1.29, 1.82) is 0 Å². The van der Waals surface area contributed by atoms with Gasteiger partial charge in [-0.15, -0.1) is 11.3 Å². The molecule has 0 bridgehead atoms. The number of aromatic nitrogens is 1. The quantitative estimate of drug-likeness (QED) is 0.341. The maximum Gasteiger partial charge on any atom is 0.283 e. The summed E-state index contributed by atoms with van der Waals surface area (Å²) in [7, 11) is 1.59. The molecule has 2 aromatic heterocycles. The van der Waals surface area contributed by atoms with Crippen LogP contribution in [0.25, 0.3) is 21.0 Å². The summed E-state index contributed by atoms with van der Waals surface area (Å²) in [4.78, 5) is 16.0. The Morgan fingerprint density at radius 3 is 2.78 bits per heavy atom. The van der Waals surface area contributed by atoms with Crippen LogP contribution in [0.3, 0.4) is 0 Å². The zero-order valence-electron chi connectivity index (χ0n) is 14.0. The van der Waals surface area contributed by atoms with E-state index in [1.54, 1.807) is 13.2 Å². The van der Waals surface area contributed by atoms with Gasteiger partial charge in [-0.2, -0.15) is 5.10 Å². The number of aromatic amines is 1. The highest BCUT2D eigenvalue weighted by atomic mass is 35.5. The molecule has 0 spiro atoms. The minimum absolute atomic E-state index is 0.386. The molecule has 0 aliphatic rings. The zero-order valence-corrected chi connectivity index (χ0v) is 16.4. The molecule has 4 aromatic rings. The molecule has 0 saturated carbocycles. The number of carbonyl (C=O) groups excluding carboxylic acids is 1. The topological polar surface area (TPSA) is 66.5 Å². The molecule has 0 fully saturated rings. The van der Waals surface area contributed by atoms with E-state index in [1.165, 1.54) is 17.6 Å². The fourth-order valence-electron chi connectivity index (χ4n) is 2.74. The average molecular weight is 418 g/mol. The molecule has 0 aliphatic carbocycles. The fourth-order valence-corrected chi connectivity index (χ4v) is 4.44.